The van der Waals surface area contributed by atoms with Gasteiger partial charge in [0.15, 0.2) is 5.78 Å². The summed E-state index contributed by atoms with van der Waals surface area (Å²) in [6, 6.07) is 11.5. The van der Waals surface area contributed by atoms with E-state index in [9.17, 15) is 9.59 Å². The Morgan fingerprint density at radius 2 is 1.72 bits per heavy atom. The molecule has 2 aromatic carbocycles. The summed E-state index contributed by atoms with van der Waals surface area (Å²) in [5.74, 6) is 0.127. The van der Waals surface area contributed by atoms with Crippen molar-refractivity contribution in [3.8, 4) is 5.75 Å². The zero-order valence-corrected chi connectivity index (χ0v) is 15.3. The molecule has 0 aliphatic carbocycles. The third-order valence-electron chi connectivity index (χ3n) is 3.21. The molecule has 5 nitrogen and oxygen atoms in total. The van der Waals surface area contributed by atoms with Gasteiger partial charge in [0, 0.05) is 10.6 Å². The predicted octanol–water partition coefficient (Wildman–Crippen LogP) is 4.93. The average Bonchev–Trinajstić information content (AvgIpc) is 2.54. The maximum absolute atomic E-state index is 12.9. The molecule has 0 spiro atoms. The molecule has 0 saturated heterocycles. The Kier molecular flexibility index (Phi) is 5.69. The first kappa shape index (κ1) is 18.8. The van der Waals surface area contributed by atoms with Crippen LogP contribution >= 0.6 is 11.6 Å². The molecule has 0 aliphatic rings. The fourth-order valence-corrected chi connectivity index (χ4v) is 2.38. The summed E-state index contributed by atoms with van der Waals surface area (Å²) >= 11 is 6.04. The molecule has 0 atom stereocenters. The van der Waals surface area contributed by atoms with Gasteiger partial charge < -0.3 is 9.47 Å². The molecule has 0 heterocycles. The number of para-hydroxylation sites is 1. The summed E-state index contributed by atoms with van der Waals surface area (Å²) in [5.41, 5.74) is 0.292. The fourth-order valence-electron chi connectivity index (χ4n) is 2.20. The van der Waals surface area contributed by atoms with E-state index >= 15 is 0 Å². The van der Waals surface area contributed by atoms with E-state index < -0.39 is 11.7 Å². The Bertz CT molecular complexity index is 796. The Labute approximate surface area is 151 Å². The Balaban J connectivity index is 2.39. The maximum Gasteiger partial charge on any atom is 0.412 e. The lowest BCUT2D eigenvalue weighted by atomic mass is 10.0. The minimum atomic E-state index is -0.649. The Morgan fingerprint density at radius 1 is 1.04 bits per heavy atom. The second-order valence-electron chi connectivity index (χ2n) is 6.35. The molecule has 2 rings (SSSR count). The number of ether oxygens (including phenoxy) is 2. The van der Waals surface area contributed by atoms with E-state index in [1.165, 1.54) is 13.2 Å². The maximum atomic E-state index is 12.9. The highest BCUT2D eigenvalue weighted by Gasteiger charge is 2.21. The lowest BCUT2D eigenvalue weighted by molar-refractivity contribution is 0.0636. The number of halogens is 1. The van der Waals surface area contributed by atoms with Crippen molar-refractivity contribution in [3.05, 3.63) is 58.6 Å². The topological polar surface area (TPSA) is 64.6 Å². The van der Waals surface area contributed by atoms with Crippen LogP contribution < -0.4 is 10.1 Å². The lowest BCUT2D eigenvalue weighted by Crippen LogP contribution is -2.27. The third-order valence-corrected chi connectivity index (χ3v) is 3.45. The monoisotopic (exact) mass is 361 g/mol. The average molecular weight is 362 g/mol. The number of amides is 1. The van der Waals surface area contributed by atoms with E-state index in [1.807, 2.05) is 0 Å². The van der Waals surface area contributed by atoms with Gasteiger partial charge in [0.05, 0.1) is 18.4 Å². The Hall–Kier alpha value is -2.53. The van der Waals surface area contributed by atoms with Crippen LogP contribution in [0.15, 0.2) is 42.5 Å². The van der Waals surface area contributed by atoms with Crippen LogP contribution in [-0.2, 0) is 4.74 Å². The number of ketones is 1. The van der Waals surface area contributed by atoms with Crippen molar-refractivity contribution in [1.82, 2.24) is 0 Å². The number of hydrogen-bond acceptors (Lipinski definition) is 4. The normalized spacial score (nSPS) is 10.9. The smallest absolute Gasteiger partial charge is 0.412 e. The molecule has 6 heteroatoms. The minimum absolute atomic E-state index is 0.253. The van der Waals surface area contributed by atoms with Gasteiger partial charge in [0.25, 0.3) is 0 Å². The van der Waals surface area contributed by atoms with Crippen molar-refractivity contribution in [3.63, 3.8) is 0 Å². The largest absolute Gasteiger partial charge is 0.496 e. The number of hydrogen-bond donors (Lipinski definition) is 1. The first-order chi connectivity index (χ1) is 11.7. The summed E-state index contributed by atoms with van der Waals surface area (Å²) in [6.45, 7) is 5.28. The van der Waals surface area contributed by atoms with Crippen LogP contribution in [0.5, 0.6) is 5.75 Å². The number of carbonyl (C=O) groups is 2. The molecule has 132 valence electrons. The van der Waals surface area contributed by atoms with Crippen molar-refractivity contribution in [2.24, 2.45) is 0 Å². The van der Waals surface area contributed by atoms with Gasteiger partial charge in [-0.15, -0.1) is 0 Å². The second kappa shape index (κ2) is 7.57. The van der Waals surface area contributed by atoms with Crippen LogP contribution in [-0.4, -0.2) is 24.6 Å². The van der Waals surface area contributed by atoms with E-state index in [1.54, 1.807) is 57.2 Å². The molecule has 1 amide bonds. The number of rotatable bonds is 4. The summed E-state index contributed by atoms with van der Waals surface area (Å²) in [4.78, 5) is 25.0. The lowest BCUT2D eigenvalue weighted by Gasteiger charge is -2.20. The summed E-state index contributed by atoms with van der Waals surface area (Å²) in [7, 11) is 1.49. The Morgan fingerprint density at radius 3 is 2.36 bits per heavy atom. The molecular weight excluding hydrogens is 342 g/mol. The SMILES string of the molecule is COc1ccccc1C(=O)c1cc(Cl)ccc1NC(=O)OC(C)(C)C. The van der Waals surface area contributed by atoms with Crippen molar-refractivity contribution >= 4 is 29.2 Å². The molecule has 0 saturated carbocycles. The zero-order valence-electron chi connectivity index (χ0n) is 14.6. The van der Waals surface area contributed by atoms with Crippen molar-refractivity contribution in [2.45, 2.75) is 26.4 Å². The van der Waals surface area contributed by atoms with Crippen molar-refractivity contribution in [1.29, 1.82) is 0 Å². The van der Waals surface area contributed by atoms with Crippen LogP contribution in [0.3, 0.4) is 0 Å². The molecule has 0 aromatic heterocycles. The van der Waals surface area contributed by atoms with Gasteiger partial charge in [-0.25, -0.2) is 4.79 Å². The van der Waals surface area contributed by atoms with Gasteiger partial charge >= 0.3 is 6.09 Å². The number of nitrogens with one attached hydrogen (secondary N) is 1. The first-order valence-electron chi connectivity index (χ1n) is 7.68. The third kappa shape index (κ3) is 4.97. The molecule has 0 radical (unpaired) electrons. The van der Waals surface area contributed by atoms with E-state index in [2.05, 4.69) is 5.32 Å². The quantitative estimate of drug-likeness (QED) is 0.784. The minimum Gasteiger partial charge on any atom is -0.496 e. The van der Waals surface area contributed by atoms with Gasteiger partial charge in [0.2, 0.25) is 0 Å². The standard InChI is InChI=1S/C19H20ClNO4/c1-19(2,3)25-18(23)21-15-10-9-12(20)11-14(15)17(22)13-7-5-6-8-16(13)24-4/h5-11H,1-4H3,(H,21,23). The van der Waals surface area contributed by atoms with Crippen LogP contribution in [0.1, 0.15) is 36.7 Å². The van der Waals surface area contributed by atoms with Gasteiger partial charge in [-0.2, -0.15) is 0 Å². The van der Waals surface area contributed by atoms with Crippen LogP contribution in [0.25, 0.3) is 0 Å². The molecule has 2 aromatic rings. The van der Waals surface area contributed by atoms with Gasteiger partial charge in [-0.3, -0.25) is 10.1 Å². The number of carbonyl (C=O) groups excluding carboxylic acids is 2. The highest BCUT2D eigenvalue weighted by Crippen LogP contribution is 2.28. The van der Waals surface area contributed by atoms with E-state index in [0.29, 0.717) is 22.0 Å². The predicted molar refractivity (Wildman–Crippen MR) is 97.7 cm³/mol. The number of benzene rings is 2. The summed E-state index contributed by atoms with van der Waals surface area (Å²) < 4.78 is 10.5. The summed E-state index contributed by atoms with van der Waals surface area (Å²) in [6.07, 6.45) is -0.649. The molecule has 1 N–H and O–H groups in total. The number of anilines is 1. The van der Waals surface area contributed by atoms with Gasteiger partial charge in [-0.05, 0) is 51.1 Å². The van der Waals surface area contributed by atoms with Crippen molar-refractivity contribution in [2.75, 3.05) is 12.4 Å². The molecule has 25 heavy (non-hydrogen) atoms. The molecule has 0 aliphatic heterocycles. The van der Waals surface area contributed by atoms with Crippen LogP contribution in [0.4, 0.5) is 10.5 Å². The number of methoxy groups -OCH3 is 1. The van der Waals surface area contributed by atoms with Crippen molar-refractivity contribution < 1.29 is 19.1 Å². The van der Waals surface area contributed by atoms with Gasteiger partial charge in [-0.1, -0.05) is 23.7 Å². The second-order valence-corrected chi connectivity index (χ2v) is 6.78. The van der Waals surface area contributed by atoms with E-state index in [4.69, 9.17) is 21.1 Å². The highest BCUT2D eigenvalue weighted by molar-refractivity contribution is 6.31. The first-order valence-corrected chi connectivity index (χ1v) is 8.06. The fraction of sp³-hybridized carbons (Fsp3) is 0.263. The molecule has 0 bridgehead atoms. The van der Waals surface area contributed by atoms with E-state index in [-0.39, 0.29) is 11.3 Å². The van der Waals surface area contributed by atoms with Crippen LogP contribution in [0.2, 0.25) is 5.02 Å². The molecular formula is C19H20ClNO4. The zero-order chi connectivity index (χ0) is 18.6. The van der Waals surface area contributed by atoms with Crippen LogP contribution in [0, 0.1) is 0 Å². The summed E-state index contributed by atoms with van der Waals surface area (Å²) in [5, 5.41) is 2.98. The molecule has 0 fully saturated rings. The van der Waals surface area contributed by atoms with E-state index in [0.717, 1.165) is 0 Å². The molecule has 0 unspecified atom stereocenters. The highest BCUT2D eigenvalue weighted by atomic mass is 35.5. The van der Waals surface area contributed by atoms with Gasteiger partial charge in [0.1, 0.15) is 11.4 Å².